The lowest BCUT2D eigenvalue weighted by Crippen LogP contribution is -2.44. The number of furan rings is 1. The van der Waals surface area contributed by atoms with Crippen LogP contribution in [0.5, 0.6) is 0 Å². The Morgan fingerprint density at radius 1 is 1.67 bits per heavy atom. The van der Waals surface area contributed by atoms with Crippen molar-refractivity contribution in [2.24, 2.45) is 0 Å². The molecule has 4 nitrogen and oxygen atoms in total. The maximum Gasteiger partial charge on any atom is 0.288 e. The number of nitrogens with zero attached hydrogens (tertiary/aromatic N) is 1. The van der Waals surface area contributed by atoms with Crippen LogP contribution in [0, 0.1) is 18.3 Å². The lowest BCUT2D eigenvalue weighted by Gasteiger charge is -2.20. The highest BCUT2D eigenvalue weighted by atomic mass is 16.3. The van der Waals surface area contributed by atoms with Gasteiger partial charge in [-0.3, -0.25) is 4.79 Å². The standard InChI is InChI=1S/C11H14N2O2/c1-4-11(3,7-12)13-10(14)9-6-5-8(2)15-9/h5-6H,4H2,1-3H3,(H,13,14). The Bertz CT molecular complexity index is 403. The summed E-state index contributed by atoms with van der Waals surface area (Å²) in [7, 11) is 0. The Morgan fingerprint density at radius 2 is 2.33 bits per heavy atom. The average Bonchev–Trinajstić information content (AvgIpc) is 2.65. The van der Waals surface area contributed by atoms with Gasteiger partial charge < -0.3 is 9.73 Å². The molecule has 0 bridgehead atoms. The second kappa shape index (κ2) is 4.18. The average molecular weight is 206 g/mol. The van der Waals surface area contributed by atoms with Gasteiger partial charge in [0.05, 0.1) is 6.07 Å². The molecule has 0 aliphatic heterocycles. The van der Waals surface area contributed by atoms with Gasteiger partial charge in [0.25, 0.3) is 5.91 Å². The fourth-order valence-corrected chi connectivity index (χ4v) is 1.06. The van der Waals surface area contributed by atoms with Gasteiger partial charge in [-0.1, -0.05) is 6.92 Å². The Balaban J connectivity index is 2.76. The molecule has 0 spiro atoms. The highest BCUT2D eigenvalue weighted by Crippen LogP contribution is 2.11. The molecule has 1 unspecified atom stereocenters. The van der Waals surface area contributed by atoms with Crippen molar-refractivity contribution in [2.75, 3.05) is 0 Å². The van der Waals surface area contributed by atoms with Gasteiger partial charge in [-0.25, -0.2) is 0 Å². The third-order valence-electron chi connectivity index (χ3n) is 2.31. The molecule has 0 saturated carbocycles. The molecule has 80 valence electrons. The van der Waals surface area contributed by atoms with Crippen LogP contribution < -0.4 is 5.32 Å². The quantitative estimate of drug-likeness (QED) is 0.822. The maximum atomic E-state index is 11.6. The summed E-state index contributed by atoms with van der Waals surface area (Å²) in [6, 6.07) is 5.37. The third-order valence-corrected chi connectivity index (χ3v) is 2.31. The first-order valence-electron chi connectivity index (χ1n) is 4.81. The van der Waals surface area contributed by atoms with E-state index in [4.69, 9.17) is 9.68 Å². The summed E-state index contributed by atoms with van der Waals surface area (Å²) in [6.07, 6.45) is 0.551. The van der Waals surface area contributed by atoms with Crippen molar-refractivity contribution >= 4 is 5.91 Å². The predicted octanol–water partition coefficient (Wildman–Crippen LogP) is 2.01. The number of hydrogen-bond donors (Lipinski definition) is 1. The summed E-state index contributed by atoms with van der Waals surface area (Å²) in [5.41, 5.74) is -0.836. The van der Waals surface area contributed by atoms with Gasteiger partial charge in [0.1, 0.15) is 11.3 Å². The van der Waals surface area contributed by atoms with E-state index in [-0.39, 0.29) is 11.7 Å². The van der Waals surface area contributed by atoms with Crippen LogP contribution in [0.25, 0.3) is 0 Å². The van der Waals surface area contributed by atoms with E-state index in [0.717, 1.165) is 0 Å². The smallest absolute Gasteiger partial charge is 0.288 e. The van der Waals surface area contributed by atoms with E-state index in [2.05, 4.69) is 11.4 Å². The monoisotopic (exact) mass is 206 g/mol. The zero-order chi connectivity index (χ0) is 11.5. The number of carbonyl (C=O) groups is 1. The Labute approximate surface area is 88.9 Å². The number of rotatable bonds is 3. The molecular weight excluding hydrogens is 192 g/mol. The predicted molar refractivity (Wildman–Crippen MR) is 55.2 cm³/mol. The van der Waals surface area contributed by atoms with Crippen LogP contribution in [0.3, 0.4) is 0 Å². The van der Waals surface area contributed by atoms with Crippen molar-refractivity contribution in [1.82, 2.24) is 5.32 Å². The third kappa shape index (κ3) is 2.59. The molecule has 1 heterocycles. The number of nitriles is 1. The van der Waals surface area contributed by atoms with Crippen LogP contribution in [0.15, 0.2) is 16.5 Å². The molecule has 1 amide bonds. The first-order valence-corrected chi connectivity index (χ1v) is 4.81. The molecule has 0 aliphatic carbocycles. The summed E-state index contributed by atoms with van der Waals surface area (Å²) in [6.45, 7) is 5.29. The number of nitrogens with one attached hydrogen (secondary N) is 1. The minimum atomic E-state index is -0.836. The highest BCUT2D eigenvalue weighted by Gasteiger charge is 2.25. The molecule has 15 heavy (non-hydrogen) atoms. The summed E-state index contributed by atoms with van der Waals surface area (Å²) >= 11 is 0. The Hall–Kier alpha value is -1.76. The molecule has 1 atom stereocenters. The zero-order valence-electron chi connectivity index (χ0n) is 9.13. The van der Waals surface area contributed by atoms with E-state index >= 15 is 0 Å². The van der Waals surface area contributed by atoms with Crippen molar-refractivity contribution in [3.8, 4) is 6.07 Å². The number of hydrogen-bond acceptors (Lipinski definition) is 3. The second-order valence-corrected chi connectivity index (χ2v) is 3.66. The summed E-state index contributed by atoms with van der Waals surface area (Å²) < 4.78 is 5.16. The molecule has 1 N–H and O–H groups in total. The lowest BCUT2D eigenvalue weighted by atomic mass is 10.0. The normalized spacial score (nSPS) is 14.0. The van der Waals surface area contributed by atoms with Gasteiger partial charge >= 0.3 is 0 Å². The first-order chi connectivity index (χ1) is 7.00. The lowest BCUT2D eigenvalue weighted by molar-refractivity contribution is 0.0893. The van der Waals surface area contributed by atoms with Crippen LogP contribution in [-0.2, 0) is 0 Å². The Kier molecular flexibility index (Phi) is 3.15. The maximum absolute atomic E-state index is 11.6. The molecule has 0 fully saturated rings. The van der Waals surface area contributed by atoms with Crippen molar-refractivity contribution in [1.29, 1.82) is 5.26 Å². The molecule has 0 aromatic carbocycles. The molecule has 1 aromatic heterocycles. The van der Waals surface area contributed by atoms with E-state index in [1.54, 1.807) is 26.0 Å². The molecule has 1 aromatic rings. The largest absolute Gasteiger partial charge is 0.456 e. The molecule has 0 saturated heterocycles. The van der Waals surface area contributed by atoms with Crippen LogP contribution in [0.1, 0.15) is 36.6 Å². The van der Waals surface area contributed by atoms with E-state index in [9.17, 15) is 4.79 Å². The Morgan fingerprint density at radius 3 is 2.73 bits per heavy atom. The van der Waals surface area contributed by atoms with Crippen LogP contribution in [-0.4, -0.2) is 11.4 Å². The van der Waals surface area contributed by atoms with Gasteiger partial charge in [-0.2, -0.15) is 5.26 Å². The van der Waals surface area contributed by atoms with Gasteiger partial charge in [0.2, 0.25) is 0 Å². The molecule has 1 rings (SSSR count). The van der Waals surface area contributed by atoms with E-state index in [1.807, 2.05) is 6.92 Å². The summed E-state index contributed by atoms with van der Waals surface area (Å²) in [5, 5.41) is 11.5. The number of carbonyl (C=O) groups excluding carboxylic acids is 1. The van der Waals surface area contributed by atoms with Crippen LogP contribution in [0.2, 0.25) is 0 Å². The SMILES string of the molecule is CCC(C)(C#N)NC(=O)c1ccc(C)o1. The minimum absolute atomic E-state index is 0.238. The van der Waals surface area contributed by atoms with Gasteiger partial charge in [0.15, 0.2) is 5.76 Å². The fourth-order valence-electron chi connectivity index (χ4n) is 1.06. The van der Waals surface area contributed by atoms with Crippen LogP contribution >= 0.6 is 0 Å². The van der Waals surface area contributed by atoms with Crippen molar-refractivity contribution in [3.05, 3.63) is 23.7 Å². The van der Waals surface area contributed by atoms with E-state index in [1.165, 1.54) is 0 Å². The summed E-state index contributed by atoms with van der Waals surface area (Å²) in [4.78, 5) is 11.6. The highest BCUT2D eigenvalue weighted by molar-refractivity contribution is 5.92. The molecule has 0 radical (unpaired) electrons. The van der Waals surface area contributed by atoms with Crippen molar-refractivity contribution < 1.29 is 9.21 Å². The van der Waals surface area contributed by atoms with E-state index < -0.39 is 5.54 Å². The second-order valence-electron chi connectivity index (χ2n) is 3.66. The zero-order valence-corrected chi connectivity index (χ0v) is 9.13. The van der Waals surface area contributed by atoms with Crippen LogP contribution in [0.4, 0.5) is 0 Å². The van der Waals surface area contributed by atoms with Gasteiger partial charge in [-0.15, -0.1) is 0 Å². The number of aryl methyl sites for hydroxylation is 1. The molecule has 4 heteroatoms. The molecular formula is C11H14N2O2. The first kappa shape index (κ1) is 11.3. The van der Waals surface area contributed by atoms with Gasteiger partial charge in [-0.05, 0) is 32.4 Å². The van der Waals surface area contributed by atoms with Crippen molar-refractivity contribution in [2.45, 2.75) is 32.7 Å². The van der Waals surface area contributed by atoms with E-state index in [0.29, 0.717) is 12.2 Å². The number of amides is 1. The molecule has 0 aliphatic rings. The topological polar surface area (TPSA) is 66.0 Å². The summed E-state index contributed by atoms with van der Waals surface area (Å²) in [5.74, 6) is 0.562. The van der Waals surface area contributed by atoms with Crippen molar-refractivity contribution in [3.63, 3.8) is 0 Å². The minimum Gasteiger partial charge on any atom is -0.456 e. The van der Waals surface area contributed by atoms with Gasteiger partial charge in [0, 0.05) is 0 Å². The fraction of sp³-hybridized carbons (Fsp3) is 0.455.